The first kappa shape index (κ1) is 14.7. The zero-order chi connectivity index (χ0) is 12.7. The van der Waals surface area contributed by atoms with Crippen LogP contribution in [0.2, 0.25) is 0 Å². The summed E-state index contributed by atoms with van der Waals surface area (Å²) in [6, 6.07) is 0. The quantitative estimate of drug-likeness (QED) is 0.642. The number of hydrogen-bond donors (Lipinski definition) is 0. The Labute approximate surface area is 106 Å². The van der Waals surface area contributed by atoms with E-state index < -0.39 is 0 Å². The molecule has 0 aliphatic carbocycles. The topological polar surface area (TPSA) is 29.5 Å². The molecule has 0 aromatic rings. The maximum atomic E-state index is 12.2. The SMILES string of the molecule is CCCCCCC(=O)C(C)(C)N1CCOCC1. The lowest BCUT2D eigenvalue weighted by Gasteiger charge is -2.39. The van der Waals surface area contributed by atoms with Crippen LogP contribution in [0.4, 0.5) is 0 Å². The molecule has 0 spiro atoms. The van der Waals surface area contributed by atoms with Gasteiger partial charge in [-0.15, -0.1) is 0 Å². The van der Waals surface area contributed by atoms with Crippen LogP contribution in [-0.2, 0) is 9.53 Å². The highest BCUT2D eigenvalue weighted by atomic mass is 16.5. The predicted molar refractivity (Wildman–Crippen MR) is 70.2 cm³/mol. The van der Waals surface area contributed by atoms with Gasteiger partial charge in [0.15, 0.2) is 5.78 Å². The molecule has 0 aromatic heterocycles. The fraction of sp³-hybridized carbons (Fsp3) is 0.929. The van der Waals surface area contributed by atoms with Crippen molar-refractivity contribution in [1.82, 2.24) is 4.90 Å². The van der Waals surface area contributed by atoms with Gasteiger partial charge in [-0.2, -0.15) is 0 Å². The second kappa shape index (κ2) is 7.12. The van der Waals surface area contributed by atoms with E-state index in [1.807, 2.05) is 0 Å². The number of unbranched alkanes of at least 4 members (excludes halogenated alkanes) is 3. The maximum Gasteiger partial charge on any atom is 0.152 e. The number of nitrogens with zero attached hydrogens (tertiary/aromatic N) is 1. The van der Waals surface area contributed by atoms with Crippen LogP contribution in [0.15, 0.2) is 0 Å². The second-order valence-corrected chi connectivity index (χ2v) is 5.39. The molecule has 17 heavy (non-hydrogen) atoms. The smallest absolute Gasteiger partial charge is 0.152 e. The Kier molecular flexibility index (Phi) is 6.14. The zero-order valence-electron chi connectivity index (χ0n) is 11.6. The Bertz CT molecular complexity index is 232. The maximum absolute atomic E-state index is 12.2. The van der Waals surface area contributed by atoms with Gasteiger partial charge < -0.3 is 4.74 Å². The van der Waals surface area contributed by atoms with E-state index in [0.717, 1.165) is 39.1 Å². The molecular weight excluding hydrogens is 214 g/mol. The molecule has 0 atom stereocenters. The first-order chi connectivity index (χ1) is 8.09. The Morgan fingerprint density at radius 3 is 2.41 bits per heavy atom. The van der Waals surface area contributed by atoms with Gasteiger partial charge in [0.2, 0.25) is 0 Å². The summed E-state index contributed by atoms with van der Waals surface area (Å²) in [5.41, 5.74) is -0.310. The van der Waals surface area contributed by atoms with Crippen LogP contribution in [0.3, 0.4) is 0 Å². The van der Waals surface area contributed by atoms with Gasteiger partial charge in [-0.1, -0.05) is 26.2 Å². The summed E-state index contributed by atoms with van der Waals surface area (Å²) in [4.78, 5) is 14.5. The lowest BCUT2D eigenvalue weighted by Crippen LogP contribution is -2.54. The summed E-state index contributed by atoms with van der Waals surface area (Å²) < 4.78 is 5.33. The molecule has 1 aliphatic rings. The van der Waals surface area contributed by atoms with Gasteiger partial charge in [0.05, 0.1) is 18.8 Å². The lowest BCUT2D eigenvalue weighted by molar-refractivity contribution is -0.132. The fourth-order valence-electron chi connectivity index (χ4n) is 2.32. The molecule has 1 heterocycles. The fourth-order valence-corrected chi connectivity index (χ4v) is 2.32. The summed E-state index contributed by atoms with van der Waals surface area (Å²) >= 11 is 0. The summed E-state index contributed by atoms with van der Waals surface area (Å²) in [7, 11) is 0. The van der Waals surface area contributed by atoms with Crippen molar-refractivity contribution >= 4 is 5.78 Å². The van der Waals surface area contributed by atoms with E-state index in [1.165, 1.54) is 19.3 Å². The number of ether oxygens (including phenoxy) is 1. The Balaban J connectivity index is 2.36. The van der Waals surface area contributed by atoms with E-state index >= 15 is 0 Å². The largest absolute Gasteiger partial charge is 0.379 e. The summed E-state index contributed by atoms with van der Waals surface area (Å²) in [5, 5.41) is 0. The van der Waals surface area contributed by atoms with E-state index in [0.29, 0.717) is 5.78 Å². The van der Waals surface area contributed by atoms with Crippen LogP contribution in [0, 0.1) is 0 Å². The van der Waals surface area contributed by atoms with Gasteiger partial charge in [-0.25, -0.2) is 0 Å². The molecule has 0 radical (unpaired) electrons. The van der Waals surface area contributed by atoms with Crippen LogP contribution >= 0.6 is 0 Å². The van der Waals surface area contributed by atoms with Crippen LogP contribution < -0.4 is 0 Å². The molecule has 1 rings (SSSR count). The average molecular weight is 241 g/mol. The molecule has 100 valence electrons. The molecule has 0 saturated carbocycles. The first-order valence-corrected chi connectivity index (χ1v) is 6.95. The van der Waals surface area contributed by atoms with Crippen LogP contribution in [0.1, 0.15) is 52.9 Å². The summed E-state index contributed by atoms with van der Waals surface area (Å²) in [5.74, 6) is 0.385. The van der Waals surface area contributed by atoms with E-state index in [9.17, 15) is 4.79 Å². The minimum absolute atomic E-state index is 0.310. The minimum atomic E-state index is -0.310. The van der Waals surface area contributed by atoms with E-state index in [-0.39, 0.29) is 5.54 Å². The molecule has 1 fully saturated rings. The third kappa shape index (κ3) is 4.40. The molecule has 1 aliphatic heterocycles. The monoisotopic (exact) mass is 241 g/mol. The van der Waals surface area contributed by atoms with Gasteiger partial charge in [0, 0.05) is 19.5 Å². The summed E-state index contributed by atoms with van der Waals surface area (Å²) in [6.45, 7) is 9.58. The van der Waals surface area contributed by atoms with Crippen molar-refractivity contribution in [3.8, 4) is 0 Å². The van der Waals surface area contributed by atoms with Gasteiger partial charge in [0.1, 0.15) is 0 Å². The molecule has 0 aromatic carbocycles. The number of ketones is 1. The third-order valence-corrected chi connectivity index (χ3v) is 3.74. The van der Waals surface area contributed by atoms with Gasteiger partial charge >= 0.3 is 0 Å². The van der Waals surface area contributed by atoms with E-state index in [1.54, 1.807) is 0 Å². The molecule has 0 bridgehead atoms. The molecule has 3 nitrogen and oxygen atoms in total. The number of hydrogen-bond acceptors (Lipinski definition) is 3. The van der Waals surface area contributed by atoms with Crippen LogP contribution in [-0.4, -0.2) is 42.5 Å². The van der Waals surface area contributed by atoms with Crippen molar-refractivity contribution in [2.45, 2.75) is 58.4 Å². The zero-order valence-corrected chi connectivity index (χ0v) is 11.6. The van der Waals surface area contributed by atoms with Gasteiger partial charge in [-0.05, 0) is 20.3 Å². The third-order valence-electron chi connectivity index (χ3n) is 3.74. The predicted octanol–water partition coefficient (Wildman–Crippen LogP) is 2.64. The van der Waals surface area contributed by atoms with Crippen molar-refractivity contribution in [3.05, 3.63) is 0 Å². The number of morpholine rings is 1. The molecule has 1 saturated heterocycles. The molecule has 0 unspecified atom stereocenters. The van der Waals surface area contributed by atoms with Crippen molar-refractivity contribution in [3.63, 3.8) is 0 Å². The average Bonchev–Trinajstić information content (AvgIpc) is 2.35. The van der Waals surface area contributed by atoms with Crippen molar-refractivity contribution in [1.29, 1.82) is 0 Å². The van der Waals surface area contributed by atoms with Crippen molar-refractivity contribution in [2.75, 3.05) is 26.3 Å². The highest BCUT2D eigenvalue weighted by molar-refractivity contribution is 5.87. The second-order valence-electron chi connectivity index (χ2n) is 5.39. The summed E-state index contributed by atoms with van der Waals surface area (Å²) in [6.07, 6.45) is 5.42. The van der Waals surface area contributed by atoms with Crippen LogP contribution in [0.25, 0.3) is 0 Å². The molecule has 0 amide bonds. The minimum Gasteiger partial charge on any atom is -0.379 e. The van der Waals surface area contributed by atoms with Crippen LogP contribution in [0.5, 0.6) is 0 Å². The normalized spacial score (nSPS) is 18.3. The number of carbonyl (C=O) groups excluding carboxylic acids is 1. The van der Waals surface area contributed by atoms with E-state index in [2.05, 4.69) is 25.7 Å². The highest BCUT2D eigenvalue weighted by Crippen LogP contribution is 2.20. The Morgan fingerprint density at radius 1 is 1.18 bits per heavy atom. The van der Waals surface area contributed by atoms with Gasteiger partial charge in [0.25, 0.3) is 0 Å². The molecular formula is C14H27NO2. The van der Waals surface area contributed by atoms with Gasteiger partial charge in [-0.3, -0.25) is 9.69 Å². The standard InChI is InChI=1S/C14H27NO2/c1-4-5-6-7-8-13(16)14(2,3)15-9-11-17-12-10-15/h4-12H2,1-3H3. The Hall–Kier alpha value is -0.410. The Morgan fingerprint density at radius 2 is 1.82 bits per heavy atom. The first-order valence-electron chi connectivity index (χ1n) is 6.95. The molecule has 3 heteroatoms. The van der Waals surface area contributed by atoms with Crippen molar-refractivity contribution < 1.29 is 9.53 Å². The lowest BCUT2D eigenvalue weighted by atomic mass is 9.92. The molecule has 0 N–H and O–H groups in total. The number of Topliss-reactive ketones (excluding diaryl/α,β-unsaturated/α-hetero) is 1. The van der Waals surface area contributed by atoms with Crippen molar-refractivity contribution in [2.24, 2.45) is 0 Å². The van der Waals surface area contributed by atoms with E-state index in [4.69, 9.17) is 4.74 Å². The highest BCUT2D eigenvalue weighted by Gasteiger charge is 2.34. The number of carbonyl (C=O) groups is 1. The number of rotatable bonds is 7.